The summed E-state index contributed by atoms with van der Waals surface area (Å²) >= 11 is 0. The van der Waals surface area contributed by atoms with E-state index in [-0.39, 0.29) is 18.9 Å². The molecule has 0 radical (unpaired) electrons. The van der Waals surface area contributed by atoms with Crippen molar-refractivity contribution in [2.45, 2.75) is 37.6 Å². The number of rotatable bonds is 3. The lowest BCUT2D eigenvalue weighted by Gasteiger charge is -2.15. The molecule has 0 aromatic rings. The molecular weight excluding hydrogens is 198 g/mol. The first kappa shape index (κ1) is 11.9. The number of aliphatic hydroxyl groups excluding tert-OH is 2. The van der Waals surface area contributed by atoms with Gasteiger partial charge >= 0.3 is 0 Å². The van der Waals surface area contributed by atoms with Gasteiger partial charge in [0.2, 0.25) is 5.91 Å². The van der Waals surface area contributed by atoms with Gasteiger partial charge in [-0.1, -0.05) is 0 Å². The van der Waals surface area contributed by atoms with Crippen LogP contribution in [0.2, 0.25) is 0 Å². The molecule has 0 spiro atoms. The molecule has 1 amide bonds. The van der Waals surface area contributed by atoms with Gasteiger partial charge in [-0.25, -0.2) is 0 Å². The van der Waals surface area contributed by atoms with Gasteiger partial charge in [0.05, 0.1) is 30.7 Å². The highest BCUT2D eigenvalue weighted by molar-refractivity contribution is 5.72. The maximum Gasteiger partial charge on any atom is 0.216 e. The second-order valence-corrected chi connectivity index (χ2v) is 3.66. The minimum Gasteiger partial charge on any atom is -0.389 e. The summed E-state index contributed by atoms with van der Waals surface area (Å²) in [5.74, 6) is -0.192. The molecule has 0 aromatic carbocycles. The van der Waals surface area contributed by atoms with Gasteiger partial charge in [-0.2, -0.15) is 5.26 Å². The van der Waals surface area contributed by atoms with Crippen molar-refractivity contribution in [3.05, 3.63) is 0 Å². The maximum absolute atomic E-state index is 10.7. The van der Waals surface area contributed by atoms with E-state index in [1.807, 2.05) is 6.07 Å². The fraction of sp³-hybridized carbons (Fsp3) is 0.778. The Hall–Kier alpha value is -1.16. The summed E-state index contributed by atoms with van der Waals surface area (Å²) < 4.78 is 0. The Morgan fingerprint density at radius 2 is 2.07 bits per heavy atom. The average Bonchev–Trinajstić information content (AvgIpc) is 2.44. The summed E-state index contributed by atoms with van der Waals surface area (Å²) in [6, 6.07) is 1.10. The fourth-order valence-corrected chi connectivity index (χ4v) is 1.66. The van der Waals surface area contributed by atoms with E-state index in [0.29, 0.717) is 0 Å². The molecule has 1 aliphatic heterocycles. The summed E-state index contributed by atoms with van der Waals surface area (Å²) in [5, 5.41) is 33.1. The third-order valence-corrected chi connectivity index (χ3v) is 2.48. The van der Waals surface area contributed by atoms with Crippen LogP contribution in [-0.4, -0.2) is 47.0 Å². The molecule has 84 valence electrons. The molecule has 4 N–H and O–H groups in total. The van der Waals surface area contributed by atoms with E-state index in [1.165, 1.54) is 6.92 Å². The van der Waals surface area contributed by atoms with E-state index in [9.17, 15) is 15.0 Å². The predicted octanol–water partition coefficient (Wildman–Crippen LogP) is -1.90. The Morgan fingerprint density at radius 3 is 2.60 bits per heavy atom. The first-order chi connectivity index (χ1) is 7.06. The number of nitrogens with one attached hydrogen (secondary N) is 2. The first-order valence-corrected chi connectivity index (χ1v) is 4.80. The molecule has 1 aliphatic rings. The molecule has 4 atom stereocenters. The molecule has 1 rings (SSSR count). The van der Waals surface area contributed by atoms with Crippen molar-refractivity contribution in [2.75, 3.05) is 6.54 Å². The minimum absolute atomic E-state index is 0.134. The van der Waals surface area contributed by atoms with E-state index in [4.69, 9.17) is 5.26 Å². The standard InChI is InChI=1S/C9H15N3O3/c1-5(13)11-4-7-9(15)8(14)6(12-7)2-3-10/h6-9,12,14-15H,2,4H2,1H3,(H,11,13)/t6-,7+,8+,9-/m0/s1. The van der Waals surface area contributed by atoms with Crippen LogP contribution in [0.3, 0.4) is 0 Å². The number of hydrogen-bond donors (Lipinski definition) is 4. The number of hydrogen-bond acceptors (Lipinski definition) is 5. The van der Waals surface area contributed by atoms with Crippen LogP contribution in [0.15, 0.2) is 0 Å². The predicted molar refractivity (Wildman–Crippen MR) is 51.6 cm³/mol. The number of nitriles is 1. The Labute approximate surface area is 87.9 Å². The van der Waals surface area contributed by atoms with E-state index in [1.54, 1.807) is 0 Å². The second kappa shape index (κ2) is 5.07. The van der Waals surface area contributed by atoms with Gasteiger partial charge in [-0.05, 0) is 0 Å². The zero-order valence-electron chi connectivity index (χ0n) is 8.47. The molecule has 0 aromatic heterocycles. The number of carbonyl (C=O) groups excluding carboxylic acids is 1. The quantitative estimate of drug-likeness (QED) is 0.438. The Kier molecular flexibility index (Phi) is 4.03. The highest BCUT2D eigenvalue weighted by Crippen LogP contribution is 2.16. The molecule has 6 nitrogen and oxygen atoms in total. The molecule has 0 unspecified atom stereocenters. The highest BCUT2D eigenvalue weighted by atomic mass is 16.3. The molecule has 1 fully saturated rings. The molecule has 6 heteroatoms. The minimum atomic E-state index is -0.955. The summed E-state index contributed by atoms with van der Waals surface area (Å²) in [6.07, 6.45) is -1.77. The van der Waals surface area contributed by atoms with E-state index < -0.39 is 24.3 Å². The number of amides is 1. The van der Waals surface area contributed by atoms with Gasteiger partial charge in [-0.15, -0.1) is 0 Å². The first-order valence-electron chi connectivity index (χ1n) is 4.80. The average molecular weight is 213 g/mol. The lowest BCUT2D eigenvalue weighted by molar-refractivity contribution is -0.119. The van der Waals surface area contributed by atoms with Crippen LogP contribution in [0.25, 0.3) is 0 Å². The van der Waals surface area contributed by atoms with Crippen molar-refractivity contribution in [1.82, 2.24) is 10.6 Å². The van der Waals surface area contributed by atoms with E-state index in [2.05, 4.69) is 10.6 Å². The summed E-state index contributed by atoms with van der Waals surface area (Å²) in [7, 11) is 0. The maximum atomic E-state index is 10.7. The number of aliphatic hydroxyl groups is 2. The van der Waals surface area contributed by atoms with E-state index >= 15 is 0 Å². The lowest BCUT2D eigenvalue weighted by atomic mass is 10.1. The highest BCUT2D eigenvalue weighted by Gasteiger charge is 2.40. The van der Waals surface area contributed by atoms with Crippen molar-refractivity contribution in [2.24, 2.45) is 0 Å². The van der Waals surface area contributed by atoms with Crippen LogP contribution in [0, 0.1) is 11.3 Å². The molecule has 1 saturated heterocycles. The van der Waals surface area contributed by atoms with Crippen molar-refractivity contribution in [3.8, 4) is 6.07 Å². The third kappa shape index (κ3) is 2.89. The van der Waals surface area contributed by atoms with Crippen molar-refractivity contribution < 1.29 is 15.0 Å². The van der Waals surface area contributed by atoms with Gasteiger partial charge in [-0.3, -0.25) is 4.79 Å². The number of nitrogens with zero attached hydrogens (tertiary/aromatic N) is 1. The third-order valence-electron chi connectivity index (χ3n) is 2.48. The smallest absolute Gasteiger partial charge is 0.216 e. The van der Waals surface area contributed by atoms with Crippen molar-refractivity contribution >= 4 is 5.91 Å². The summed E-state index contributed by atoms with van der Waals surface area (Å²) in [5.41, 5.74) is 0. The van der Waals surface area contributed by atoms with Crippen LogP contribution in [0.5, 0.6) is 0 Å². The molecule has 15 heavy (non-hydrogen) atoms. The van der Waals surface area contributed by atoms with Crippen LogP contribution < -0.4 is 10.6 Å². The molecule has 0 aliphatic carbocycles. The molecule has 0 saturated carbocycles. The Bertz CT molecular complexity index is 276. The normalized spacial score (nSPS) is 34.8. The Balaban J connectivity index is 2.48. The number of carbonyl (C=O) groups is 1. The SMILES string of the molecule is CC(=O)NC[C@H]1N[C@@H](CC#N)[C@@H](O)[C@H]1O. The zero-order chi connectivity index (χ0) is 11.4. The summed E-state index contributed by atoms with van der Waals surface area (Å²) in [4.78, 5) is 10.7. The van der Waals surface area contributed by atoms with Crippen molar-refractivity contribution in [1.29, 1.82) is 5.26 Å². The largest absolute Gasteiger partial charge is 0.389 e. The fourth-order valence-electron chi connectivity index (χ4n) is 1.66. The van der Waals surface area contributed by atoms with Gasteiger partial charge in [0.1, 0.15) is 0 Å². The lowest BCUT2D eigenvalue weighted by Crippen LogP contribution is -2.43. The van der Waals surface area contributed by atoms with Gasteiger partial charge in [0.25, 0.3) is 0 Å². The van der Waals surface area contributed by atoms with Crippen LogP contribution >= 0.6 is 0 Å². The Morgan fingerprint density at radius 1 is 1.47 bits per heavy atom. The molecule has 0 bridgehead atoms. The van der Waals surface area contributed by atoms with E-state index in [0.717, 1.165) is 0 Å². The summed E-state index contributed by atoms with van der Waals surface area (Å²) in [6.45, 7) is 1.63. The van der Waals surface area contributed by atoms with Gasteiger partial charge in [0, 0.05) is 19.5 Å². The van der Waals surface area contributed by atoms with Gasteiger partial charge in [0.15, 0.2) is 0 Å². The topological polar surface area (TPSA) is 105 Å². The second-order valence-electron chi connectivity index (χ2n) is 3.66. The monoisotopic (exact) mass is 213 g/mol. The van der Waals surface area contributed by atoms with Crippen LogP contribution in [0.4, 0.5) is 0 Å². The van der Waals surface area contributed by atoms with Crippen molar-refractivity contribution in [3.63, 3.8) is 0 Å². The van der Waals surface area contributed by atoms with Gasteiger partial charge < -0.3 is 20.8 Å². The zero-order valence-corrected chi connectivity index (χ0v) is 8.47. The molecular formula is C9H15N3O3. The molecule has 1 heterocycles. The van der Waals surface area contributed by atoms with Crippen LogP contribution in [-0.2, 0) is 4.79 Å². The van der Waals surface area contributed by atoms with Crippen LogP contribution in [0.1, 0.15) is 13.3 Å².